The molecule has 0 saturated carbocycles. The van der Waals surface area contributed by atoms with Crippen molar-refractivity contribution in [1.82, 2.24) is 25.3 Å². The Morgan fingerprint density at radius 3 is 2.29 bits per heavy atom. The second-order valence-corrected chi connectivity index (χ2v) is 10.3. The number of hydrogen-bond acceptors (Lipinski definition) is 7. The number of hydrogen-bond donors (Lipinski definition) is 2. The van der Waals surface area contributed by atoms with Crippen LogP contribution in [0.3, 0.4) is 0 Å². The van der Waals surface area contributed by atoms with Crippen LogP contribution in [0.1, 0.15) is 63.7 Å². The zero-order valence-electron chi connectivity index (χ0n) is 20.3. The molecule has 9 nitrogen and oxygen atoms in total. The summed E-state index contributed by atoms with van der Waals surface area (Å²) < 4.78 is 0. The van der Waals surface area contributed by atoms with E-state index in [1.807, 2.05) is 31.2 Å². The highest BCUT2D eigenvalue weighted by molar-refractivity contribution is 7.15. The van der Waals surface area contributed by atoms with Crippen molar-refractivity contribution in [2.24, 2.45) is 5.92 Å². The SMILES string of the molecule is Cc1ccc(NC(=O)c2nnc(C(=O)N3CCC(C(=O)NCCN4CCCCCC4)CC3)s2)cc1. The van der Waals surface area contributed by atoms with Crippen LogP contribution < -0.4 is 10.6 Å². The highest BCUT2D eigenvalue weighted by Crippen LogP contribution is 2.21. The van der Waals surface area contributed by atoms with Crippen molar-refractivity contribution in [2.75, 3.05) is 44.6 Å². The number of rotatable bonds is 7. The third kappa shape index (κ3) is 7.08. The molecule has 2 aromatic rings. The van der Waals surface area contributed by atoms with Crippen LogP contribution in [0, 0.1) is 12.8 Å². The van der Waals surface area contributed by atoms with E-state index in [2.05, 4.69) is 25.7 Å². The van der Waals surface area contributed by atoms with Crippen LogP contribution in [0.2, 0.25) is 0 Å². The van der Waals surface area contributed by atoms with Crippen LogP contribution in [0.4, 0.5) is 5.69 Å². The second-order valence-electron chi connectivity index (χ2n) is 9.35. The molecule has 0 aliphatic carbocycles. The number of nitrogens with zero attached hydrogens (tertiary/aromatic N) is 4. The van der Waals surface area contributed by atoms with Crippen molar-refractivity contribution in [2.45, 2.75) is 45.4 Å². The fourth-order valence-corrected chi connectivity index (χ4v) is 5.25. The Bertz CT molecular complexity index is 1010. The number of nitrogens with one attached hydrogen (secondary N) is 2. The Kier molecular flexibility index (Phi) is 8.81. The van der Waals surface area contributed by atoms with Crippen LogP contribution in [-0.4, -0.2) is 77.0 Å². The van der Waals surface area contributed by atoms with Gasteiger partial charge in [-0.15, -0.1) is 10.2 Å². The highest BCUT2D eigenvalue weighted by atomic mass is 32.1. The summed E-state index contributed by atoms with van der Waals surface area (Å²) in [5.74, 6) is -0.621. The van der Waals surface area contributed by atoms with Gasteiger partial charge in [-0.3, -0.25) is 14.4 Å². The Labute approximate surface area is 210 Å². The molecule has 0 bridgehead atoms. The van der Waals surface area contributed by atoms with Crippen LogP contribution in [-0.2, 0) is 4.79 Å². The van der Waals surface area contributed by atoms with Gasteiger partial charge < -0.3 is 20.4 Å². The average molecular weight is 499 g/mol. The van der Waals surface area contributed by atoms with Gasteiger partial charge in [0.1, 0.15) is 0 Å². The molecule has 4 rings (SSSR count). The van der Waals surface area contributed by atoms with Gasteiger partial charge in [0, 0.05) is 37.8 Å². The van der Waals surface area contributed by atoms with Gasteiger partial charge in [-0.1, -0.05) is 41.9 Å². The maximum absolute atomic E-state index is 12.9. The minimum atomic E-state index is -0.388. The van der Waals surface area contributed by atoms with Crippen molar-refractivity contribution < 1.29 is 14.4 Å². The number of piperidine rings is 1. The molecule has 2 aliphatic heterocycles. The van der Waals surface area contributed by atoms with Crippen molar-refractivity contribution in [1.29, 1.82) is 0 Å². The molecule has 2 fully saturated rings. The summed E-state index contributed by atoms with van der Waals surface area (Å²) in [6, 6.07) is 7.44. The zero-order chi connectivity index (χ0) is 24.6. The van der Waals surface area contributed by atoms with E-state index < -0.39 is 0 Å². The standard InChI is InChI=1S/C25H34N6O3S/c1-18-6-8-20(9-7-18)27-22(33)23-28-29-24(35-23)25(34)31-15-10-19(11-16-31)21(32)26-12-17-30-13-4-2-3-5-14-30/h6-9,19H,2-5,10-17H2,1H3,(H,26,32)(H,27,33). The predicted octanol–water partition coefficient (Wildman–Crippen LogP) is 2.94. The molecule has 1 aromatic carbocycles. The van der Waals surface area contributed by atoms with E-state index in [-0.39, 0.29) is 33.7 Å². The lowest BCUT2D eigenvalue weighted by Crippen LogP contribution is -2.44. The van der Waals surface area contributed by atoms with Gasteiger partial charge in [-0.2, -0.15) is 0 Å². The number of likely N-dealkylation sites (tertiary alicyclic amines) is 2. The van der Waals surface area contributed by atoms with Gasteiger partial charge in [-0.05, 0) is 57.8 Å². The lowest BCUT2D eigenvalue weighted by molar-refractivity contribution is -0.126. The molecule has 188 valence electrons. The molecular weight excluding hydrogens is 464 g/mol. The molecule has 35 heavy (non-hydrogen) atoms. The van der Waals surface area contributed by atoms with Gasteiger partial charge >= 0.3 is 0 Å². The smallest absolute Gasteiger partial charge is 0.286 e. The van der Waals surface area contributed by atoms with E-state index in [0.29, 0.717) is 38.2 Å². The normalized spacial score (nSPS) is 17.6. The summed E-state index contributed by atoms with van der Waals surface area (Å²) in [5.41, 5.74) is 1.76. The molecule has 0 radical (unpaired) electrons. The first-order chi connectivity index (χ1) is 17.0. The van der Waals surface area contributed by atoms with E-state index in [4.69, 9.17) is 0 Å². The van der Waals surface area contributed by atoms with Gasteiger partial charge in [-0.25, -0.2) is 0 Å². The van der Waals surface area contributed by atoms with E-state index >= 15 is 0 Å². The molecule has 2 aliphatic rings. The summed E-state index contributed by atoms with van der Waals surface area (Å²) in [7, 11) is 0. The number of anilines is 1. The summed E-state index contributed by atoms with van der Waals surface area (Å²) in [4.78, 5) is 42.1. The molecule has 3 amide bonds. The monoisotopic (exact) mass is 498 g/mol. The largest absolute Gasteiger partial charge is 0.355 e. The van der Waals surface area contributed by atoms with E-state index in [9.17, 15) is 14.4 Å². The van der Waals surface area contributed by atoms with Crippen LogP contribution in [0.15, 0.2) is 24.3 Å². The Morgan fingerprint density at radius 1 is 0.943 bits per heavy atom. The van der Waals surface area contributed by atoms with Crippen LogP contribution in [0.5, 0.6) is 0 Å². The first-order valence-electron chi connectivity index (χ1n) is 12.5. The highest BCUT2D eigenvalue weighted by Gasteiger charge is 2.29. The lowest BCUT2D eigenvalue weighted by Gasteiger charge is -2.31. The third-order valence-corrected chi connectivity index (χ3v) is 7.60. The maximum Gasteiger partial charge on any atom is 0.286 e. The Morgan fingerprint density at radius 2 is 1.60 bits per heavy atom. The summed E-state index contributed by atoms with van der Waals surface area (Å²) >= 11 is 0.989. The van der Waals surface area contributed by atoms with Crippen molar-refractivity contribution in [3.63, 3.8) is 0 Å². The molecular formula is C25H34N6O3S. The first-order valence-corrected chi connectivity index (χ1v) is 13.3. The number of aromatic nitrogens is 2. The average Bonchev–Trinajstić information content (AvgIpc) is 3.23. The summed E-state index contributed by atoms with van der Waals surface area (Å²) in [5, 5.41) is 14.1. The Balaban J connectivity index is 1.21. The minimum absolute atomic E-state index is 0.0755. The van der Waals surface area contributed by atoms with Gasteiger partial charge in [0.15, 0.2) is 0 Å². The molecule has 3 heterocycles. The molecule has 0 spiro atoms. The fourth-order valence-electron chi connectivity index (χ4n) is 4.54. The van der Waals surface area contributed by atoms with Crippen molar-refractivity contribution >= 4 is 34.7 Å². The number of carbonyl (C=O) groups is 3. The lowest BCUT2D eigenvalue weighted by atomic mass is 9.96. The molecule has 0 unspecified atom stereocenters. The summed E-state index contributed by atoms with van der Waals surface area (Å²) in [6.07, 6.45) is 6.35. The van der Waals surface area contributed by atoms with Gasteiger partial charge in [0.2, 0.25) is 15.9 Å². The fraction of sp³-hybridized carbons (Fsp3) is 0.560. The number of carbonyl (C=O) groups excluding carboxylic acids is 3. The van der Waals surface area contributed by atoms with Crippen LogP contribution >= 0.6 is 11.3 Å². The van der Waals surface area contributed by atoms with Crippen LogP contribution in [0.25, 0.3) is 0 Å². The number of benzene rings is 1. The molecule has 2 N–H and O–H groups in total. The number of amides is 3. The maximum atomic E-state index is 12.9. The van der Waals surface area contributed by atoms with Gasteiger partial charge in [0.25, 0.3) is 11.8 Å². The zero-order valence-corrected chi connectivity index (χ0v) is 21.1. The molecule has 1 aromatic heterocycles. The van der Waals surface area contributed by atoms with Crippen molar-refractivity contribution in [3.05, 3.63) is 39.8 Å². The number of aryl methyl sites for hydroxylation is 1. The third-order valence-electron chi connectivity index (χ3n) is 6.69. The minimum Gasteiger partial charge on any atom is -0.355 e. The van der Waals surface area contributed by atoms with E-state index in [1.54, 1.807) is 4.90 Å². The quantitative estimate of drug-likeness (QED) is 0.608. The van der Waals surface area contributed by atoms with Gasteiger partial charge in [0.05, 0.1) is 0 Å². The van der Waals surface area contributed by atoms with E-state index in [0.717, 1.165) is 36.5 Å². The second kappa shape index (κ2) is 12.2. The molecule has 10 heteroatoms. The first kappa shape index (κ1) is 25.2. The van der Waals surface area contributed by atoms with Crippen molar-refractivity contribution in [3.8, 4) is 0 Å². The summed E-state index contributed by atoms with van der Waals surface area (Å²) in [6.45, 7) is 6.78. The molecule has 0 atom stereocenters. The topological polar surface area (TPSA) is 108 Å². The predicted molar refractivity (Wildman–Crippen MR) is 136 cm³/mol. The van der Waals surface area contributed by atoms with E-state index in [1.165, 1.54) is 25.7 Å². The molecule has 2 saturated heterocycles. The Hall–Kier alpha value is -2.85.